The Morgan fingerprint density at radius 2 is 1.90 bits per heavy atom. The molecule has 0 aliphatic heterocycles. The zero-order valence-electron chi connectivity index (χ0n) is 6.65. The van der Waals surface area contributed by atoms with E-state index >= 15 is 0 Å². The fourth-order valence-corrected chi connectivity index (χ4v) is 1.09. The Labute approximate surface area is 60.9 Å². The molecule has 0 aromatic carbocycles. The number of hydrogen-bond donors (Lipinski definition) is 2. The maximum Gasteiger partial charge on any atom is 0.191 e. The largest absolute Gasteiger partial charge is 0.494 e. The Morgan fingerprint density at radius 3 is 2.10 bits per heavy atom. The van der Waals surface area contributed by atoms with Crippen molar-refractivity contribution in [1.82, 2.24) is 4.98 Å². The molecule has 0 saturated heterocycles. The Hall–Kier alpha value is -0.920. The summed E-state index contributed by atoms with van der Waals surface area (Å²) in [6.07, 6.45) is 0.952. The van der Waals surface area contributed by atoms with Crippen LogP contribution in [0.4, 0.5) is 0 Å². The lowest BCUT2D eigenvalue weighted by molar-refractivity contribution is 0.452. The lowest BCUT2D eigenvalue weighted by atomic mass is 10.1. The summed E-state index contributed by atoms with van der Waals surface area (Å²) in [7, 11) is 0. The van der Waals surface area contributed by atoms with Crippen LogP contribution in [0, 0.1) is 13.8 Å². The number of H-pyrrole nitrogens is 1. The van der Waals surface area contributed by atoms with E-state index in [0.29, 0.717) is 5.88 Å². The molecule has 0 radical (unpaired) electrons. The molecule has 0 bridgehead atoms. The van der Waals surface area contributed by atoms with Gasteiger partial charge < -0.3 is 10.1 Å². The highest BCUT2D eigenvalue weighted by Crippen LogP contribution is 2.21. The monoisotopic (exact) mass is 139 g/mol. The predicted molar refractivity (Wildman–Crippen MR) is 41.3 cm³/mol. The molecular formula is C8H13NO. The van der Waals surface area contributed by atoms with Crippen molar-refractivity contribution in [2.24, 2.45) is 0 Å². The third kappa shape index (κ3) is 0.897. The first kappa shape index (κ1) is 7.19. The molecule has 0 aliphatic rings. The van der Waals surface area contributed by atoms with Gasteiger partial charge in [0.05, 0.1) is 0 Å². The van der Waals surface area contributed by atoms with Crippen LogP contribution >= 0.6 is 0 Å². The minimum absolute atomic E-state index is 0.314. The molecule has 2 nitrogen and oxygen atoms in total. The van der Waals surface area contributed by atoms with Gasteiger partial charge in [-0.15, -0.1) is 0 Å². The summed E-state index contributed by atoms with van der Waals surface area (Å²) in [5, 5.41) is 9.20. The summed E-state index contributed by atoms with van der Waals surface area (Å²) < 4.78 is 0. The van der Waals surface area contributed by atoms with Crippen molar-refractivity contribution in [2.45, 2.75) is 27.2 Å². The molecule has 1 aromatic rings. The molecule has 1 rings (SSSR count). The Balaban J connectivity index is 3.17. The third-order valence-corrected chi connectivity index (χ3v) is 1.99. The van der Waals surface area contributed by atoms with E-state index in [9.17, 15) is 5.11 Å². The maximum absolute atomic E-state index is 9.20. The Bertz CT molecular complexity index is 238. The molecule has 0 atom stereocenters. The summed E-state index contributed by atoms with van der Waals surface area (Å²) in [4.78, 5) is 2.92. The zero-order chi connectivity index (χ0) is 7.72. The average Bonchev–Trinajstić information content (AvgIpc) is 2.17. The highest BCUT2D eigenvalue weighted by atomic mass is 16.3. The molecule has 0 spiro atoms. The fourth-order valence-electron chi connectivity index (χ4n) is 1.09. The van der Waals surface area contributed by atoms with Gasteiger partial charge in [-0.25, -0.2) is 0 Å². The second-order valence-corrected chi connectivity index (χ2v) is 2.56. The lowest BCUT2D eigenvalue weighted by Crippen LogP contribution is -1.81. The van der Waals surface area contributed by atoms with Crippen molar-refractivity contribution in [3.8, 4) is 5.88 Å². The molecule has 0 amide bonds. The van der Waals surface area contributed by atoms with Crippen LogP contribution in [0.1, 0.15) is 23.7 Å². The van der Waals surface area contributed by atoms with Gasteiger partial charge in [-0.05, 0) is 25.8 Å². The van der Waals surface area contributed by atoms with E-state index in [1.807, 2.05) is 13.8 Å². The summed E-state index contributed by atoms with van der Waals surface area (Å²) in [5.41, 5.74) is 3.28. The standard InChI is InChI=1S/C8H13NO/c1-4-7-5(2)6(3)8(10)9-7/h9-10H,4H2,1-3H3. The fraction of sp³-hybridized carbons (Fsp3) is 0.500. The molecule has 0 saturated carbocycles. The average molecular weight is 139 g/mol. The molecular weight excluding hydrogens is 126 g/mol. The van der Waals surface area contributed by atoms with Crippen LogP contribution in [-0.4, -0.2) is 10.1 Å². The van der Waals surface area contributed by atoms with E-state index in [1.54, 1.807) is 0 Å². The highest BCUT2D eigenvalue weighted by Gasteiger charge is 2.06. The molecule has 0 aliphatic carbocycles. The number of rotatable bonds is 1. The van der Waals surface area contributed by atoms with Gasteiger partial charge in [0.15, 0.2) is 5.88 Å². The van der Waals surface area contributed by atoms with E-state index in [0.717, 1.165) is 17.7 Å². The van der Waals surface area contributed by atoms with Gasteiger partial charge in [0, 0.05) is 11.3 Å². The molecule has 1 aromatic heterocycles. The van der Waals surface area contributed by atoms with Gasteiger partial charge in [0.25, 0.3) is 0 Å². The molecule has 2 heteroatoms. The number of aromatic hydroxyl groups is 1. The SMILES string of the molecule is CCc1[nH]c(O)c(C)c1C. The predicted octanol–water partition coefficient (Wildman–Crippen LogP) is 1.90. The van der Waals surface area contributed by atoms with Crippen LogP contribution in [0.5, 0.6) is 5.88 Å². The quantitative estimate of drug-likeness (QED) is 0.612. The van der Waals surface area contributed by atoms with E-state index in [1.165, 1.54) is 5.56 Å². The molecule has 56 valence electrons. The molecule has 1 heterocycles. The van der Waals surface area contributed by atoms with Gasteiger partial charge in [0.2, 0.25) is 0 Å². The van der Waals surface area contributed by atoms with Crippen LogP contribution < -0.4 is 0 Å². The van der Waals surface area contributed by atoms with Crippen LogP contribution in [0.15, 0.2) is 0 Å². The summed E-state index contributed by atoms with van der Waals surface area (Å²) in [6.45, 7) is 6.00. The van der Waals surface area contributed by atoms with Gasteiger partial charge in [0.1, 0.15) is 0 Å². The smallest absolute Gasteiger partial charge is 0.191 e. The van der Waals surface area contributed by atoms with Gasteiger partial charge in [-0.2, -0.15) is 0 Å². The molecule has 0 unspecified atom stereocenters. The first-order chi connectivity index (χ1) is 4.66. The number of hydrogen-bond acceptors (Lipinski definition) is 1. The van der Waals surface area contributed by atoms with Crippen molar-refractivity contribution in [1.29, 1.82) is 0 Å². The normalized spacial score (nSPS) is 10.3. The second-order valence-electron chi connectivity index (χ2n) is 2.56. The molecule has 2 N–H and O–H groups in total. The van der Waals surface area contributed by atoms with E-state index in [2.05, 4.69) is 11.9 Å². The van der Waals surface area contributed by atoms with E-state index in [4.69, 9.17) is 0 Å². The molecule has 0 fully saturated rings. The van der Waals surface area contributed by atoms with Crippen molar-refractivity contribution < 1.29 is 5.11 Å². The Morgan fingerprint density at radius 1 is 1.30 bits per heavy atom. The van der Waals surface area contributed by atoms with Gasteiger partial charge >= 0.3 is 0 Å². The minimum Gasteiger partial charge on any atom is -0.494 e. The number of aromatic nitrogens is 1. The lowest BCUT2D eigenvalue weighted by Gasteiger charge is -1.91. The topological polar surface area (TPSA) is 36.0 Å². The van der Waals surface area contributed by atoms with Crippen LogP contribution in [0.2, 0.25) is 0 Å². The Kier molecular flexibility index (Phi) is 1.70. The first-order valence-corrected chi connectivity index (χ1v) is 3.53. The first-order valence-electron chi connectivity index (χ1n) is 3.53. The second kappa shape index (κ2) is 2.37. The number of aromatic amines is 1. The number of nitrogens with one attached hydrogen (secondary N) is 1. The van der Waals surface area contributed by atoms with E-state index < -0.39 is 0 Å². The van der Waals surface area contributed by atoms with Gasteiger partial charge in [-0.3, -0.25) is 0 Å². The van der Waals surface area contributed by atoms with Crippen molar-refractivity contribution in [2.75, 3.05) is 0 Å². The van der Waals surface area contributed by atoms with Crippen molar-refractivity contribution in [3.63, 3.8) is 0 Å². The number of aryl methyl sites for hydroxylation is 1. The van der Waals surface area contributed by atoms with Crippen molar-refractivity contribution >= 4 is 0 Å². The van der Waals surface area contributed by atoms with Gasteiger partial charge in [-0.1, -0.05) is 6.92 Å². The maximum atomic E-state index is 9.20. The van der Waals surface area contributed by atoms with Crippen LogP contribution in [0.3, 0.4) is 0 Å². The minimum atomic E-state index is 0.314. The van der Waals surface area contributed by atoms with Crippen LogP contribution in [-0.2, 0) is 6.42 Å². The zero-order valence-corrected chi connectivity index (χ0v) is 6.65. The molecule has 10 heavy (non-hydrogen) atoms. The summed E-state index contributed by atoms with van der Waals surface area (Å²) in [6, 6.07) is 0. The highest BCUT2D eigenvalue weighted by molar-refractivity contribution is 5.37. The van der Waals surface area contributed by atoms with Crippen molar-refractivity contribution in [3.05, 3.63) is 16.8 Å². The van der Waals surface area contributed by atoms with Crippen LogP contribution in [0.25, 0.3) is 0 Å². The third-order valence-electron chi connectivity index (χ3n) is 1.99. The summed E-state index contributed by atoms with van der Waals surface area (Å²) in [5.74, 6) is 0.314. The summed E-state index contributed by atoms with van der Waals surface area (Å²) >= 11 is 0. The van der Waals surface area contributed by atoms with E-state index in [-0.39, 0.29) is 0 Å².